The van der Waals surface area contributed by atoms with Crippen LogP contribution in [-0.4, -0.2) is 10.2 Å². The molecular formula is C16H13N3S. The van der Waals surface area contributed by atoms with E-state index in [1.165, 1.54) is 15.6 Å². The molecule has 20 heavy (non-hydrogen) atoms. The maximum atomic E-state index is 4.04. The third-order valence-electron chi connectivity index (χ3n) is 3.49. The van der Waals surface area contributed by atoms with Gasteiger partial charge in [-0.2, -0.15) is 5.10 Å². The number of aromatic amines is 1. The number of thiophene rings is 1. The highest BCUT2D eigenvalue weighted by Crippen LogP contribution is 2.26. The van der Waals surface area contributed by atoms with Gasteiger partial charge in [-0.3, -0.25) is 5.10 Å². The van der Waals surface area contributed by atoms with Crippen LogP contribution in [0.2, 0.25) is 0 Å². The Hall–Kier alpha value is -2.33. The van der Waals surface area contributed by atoms with E-state index < -0.39 is 0 Å². The summed E-state index contributed by atoms with van der Waals surface area (Å²) in [6, 6.07) is 14.8. The Morgan fingerprint density at radius 1 is 1.15 bits per heavy atom. The Labute approximate surface area is 120 Å². The average Bonchev–Trinajstić information content (AvgIpc) is 3.11. The monoisotopic (exact) mass is 279 g/mol. The topological polar surface area (TPSA) is 40.7 Å². The molecule has 4 rings (SSSR count). The van der Waals surface area contributed by atoms with Gasteiger partial charge >= 0.3 is 0 Å². The van der Waals surface area contributed by atoms with Gasteiger partial charge in [-0.1, -0.05) is 18.2 Å². The Morgan fingerprint density at radius 3 is 3.10 bits per heavy atom. The first-order valence-corrected chi connectivity index (χ1v) is 7.40. The minimum atomic E-state index is 0.837. The van der Waals surface area contributed by atoms with Crippen molar-refractivity contribution in [3.63, 3.8) is 0 Å². The molecule has 0 radical (unpaired) electrons. The number of rotatable bonds is 3. The van der Waals surface area contributed by atoms with E-state index in [9.17, 15) is 0 Å². The zero-order chi connectivity index (χ0) is 13.4. The Kier molecular flexibility index (Phi) is 2.67. The lowest BCUT2D eigenvalue weighted by Crippen LogP contribution is -1.98. The molecule has 2 aromatic heterocycles. The van der Waals surface area contributed by atoms with Crippen molar-refractivity contribution in [1.82, 2.24) is 10.2 Å². The van der Waals surface area contributed by atoms with Gasteiger partial charge in [-0.25, -0.2) is 0 Å². The molecule has 3 nitrogen and oxygen atoms in total. The number of nitrogens with one attached hydrogen (secondary N) is 2. The van der Waals surface area contributed by atoms with Crippen LogP contribution in [0.5, 0.6) is 0 Å². The standard InChI is InChI=1S/C16H13N3S/c1-2-4-16-14(3-1)12(10-20-16)8-17-13-6-5-11-9-18-19-15(11)7-13/h1-7,9-10,17H,8H2,(H,18,19). The molecule has 2 heterocycles. The summed E-state index contributed by atoms with van der Waals surface area (Å²) in [4.78, 5) is 0. The first-order chi connectivity index (χ1) is 9.90. The van der Waals surface area contributed by atoms with E-state index in [1.54, 1.807) is 11.3 Å². The van der Waals surface area contributed by atoms with Crippen LogP contribution in [0, 0.1) is 0 Å². The van der Waals surface area contributed by atoms with E-state index in [-0.39, 0.29) is 0 Å². The first kappa shape index (κ1) is 11.5. The number of hydrogen-bond acceptors (Lipinski definition) is 3. The number of anilines is 1. The van der Waals surface area contributed by atoms with E-state index >= 15 is 0 Å². The molecule has 98 valence electrons. The van der Waals surface area contributed by atoms with Gasteiger partial charge in [0, 0.05) is 22.3 Å². The summed E-state index contributed by atoms with van der Waals surface area (Å²) in [7, 11) is 0. The molecule has 2 N–H and O–H groups in total. The molecule has 0 spiro atoms. The summed E-state index contributed by atoms with van der Waals surface area (Å²) in [5.74, 6) is 0. The molecule has 0 saturated carbocycles. The Morgan fingerprint density at radius 2 is 2.10 bits per heavy atom. The zero-order valence-electron chi connectivity index (χ0n) is 10.8. The zero-order valence-corrected chi connectivity index (χ0v) is 11.6. The predicted octanol–water partition coefficient (Wildman–Crippen LogP) is 4.39. The van der Waals surface area contributed by atoms with Crippen molar-refractivity contribution in [2.24, 2.45) is 0 Å². The normalized spacial score (nSPS) is 11.2. The smallest absolute Gasteiger partial charge is 0.0670 e. The van der Waals surface area contributed by atoms with Gasteiger partial charge in [-0.05, 0) is 40.6 Å². The minimum Gasteiger partial charge on any atom is -0.381 e. The lowest BCUT2D eigenvalue weighted by Gasteiger charge is -2.05. The molecule has 0 aliphatic rings. The number of H-pyrrole nitrogens is 1. The Balaban J connectivity index is 1.60. The molecule has 0 saturated heterocycles. The highest BCUT2D eigenvalue weighted by molar-refractivity contribution is 7.17. The van der Waals surface area contributed by atoms with Gasteiger partial charge in [0.1, 0.15) is 0 Å². The number of aromatic nitrogens is 2. The third kappa shape index (κ3) is 1.94. The maximum Gasteiger partial charge on any atom is 0.0670 e. The van der Waals surface area contributed by atoms with Gasteiger partial charge in [-0.15, -0.1) is 11.3 Å². The molecule has 2 aromatic carbocycles. The highest BCUT2D eigenvalue weighted by Gasteiger charge is 2.03. The van der Waals surface area contributed by atoms with Crippen LogP contribution in [-0.2, 0) is 6.54 Å². The fraction of sp³-hybridized carbons (Fsp3) is 0.0625. The molecule has 4 aromatic rings. The minimum absolute atomic E-state index is 0.837. The second-order valence-electron chi connectivity index (χ2n) is 4.78. The van der Waals surface area contributed by atoms with Crippen molar-refractivity contribution < 1.29 is 0 Å². The van der Waals surface area contributed by atoms with Crippen LogP contribution in [0.25, 0.3) is 21.0 Å². The van der Waals surface area contributed by atoms with Crippen LogP contribution in [0.3, 0.4) is 0 Å². The van der Waals surface area contributed by atoms with Crippen LogP contribution < -0.4 is 5.32 Å². The van der Waals surface area contributed by atoms with Gasteiger partial charge in [0.2, 0.25) is 0 Å². The van der Waals surface area contributed by atoms with Crippen LogP contribution in [0.1, 0.15) is 5.56 Å². The lowest BCUT2D eigenvalue weighted by molar-refractivity contribution is 1.12. The summed E-state index contributed by atoms with van der Waals surface area (Å²) >= 11 is 1.80. The van der Waals surface area contributed by atoms with Crippen LogP contribution in [0.15, 0.2) is 54.0 Å². The second kappa shape index (κ2) is 4.65. The average molecular weight is 279 g/mol. The van der Waals surface area contributed by atoms with Crippen molar-refractivity contribution >= 4 is 38.0 Å². The molecule has 4 heteroatoms. The van der Waals surface area contributed by atoms with Crippen LogP contribution in [0.4, 0.5) is 5.69 Å². The molecule has 0 amide bonds. The van der Waals surface area contributed by atoms with E-state index in [2.05, 4.69) is 63.4 Å². The molecule has 0 unspecified atom stereocenters. The van der Waals surface area contributed by atoms with Gasteiger partial charge in [0.05, 0.1) is 11.7 Å². The largest absolute Gasteiger partial charge is 0.381 e. The van der Waals surface area contributed by atoms with Gasteiger partial charge in [0.25, 0.3) is 0 Å². The van der Waals surface area contributed by atoms with Crippen molar-refractivity contribution in [2.75, 3.05) is 5.32 Å². The fourth-order valence-corrected chi connectivity index (χ4v) is 3.38. The summed E-state index contributed by atoms with van der Waals surface area (Å²) < 4.78 is 1.34. The molecular weight excluding hydrogens is 266 g/mol. The SMILES string of the molecule is c1ccc2c(CNc3ccc4cn[nH]c4c3)csc2c1. The lowest BCUT2D eigenvalue weighted by atomic mass is 10.1. The number of hydrogen-bond donors (Lipinski definition) is 2. The molecule has 0 aliphatic heterocycles. The summed E-state index contributed by atoms with van der Waals surface area (Å²) in [5, 5.41) is 15.2. The van der Waals surface area contributed by atoms with E-state index in [0.29, 0.717) is 0 Å². The highest BCUT2D eigenvalue weighted by atomic mass is 32.1. The first-order valence-electron chi connectivity index (χ1n) is 6.52. The van der Waals surface area contributed by atoms with Crippen molar-refractivity contribution in [3.05, 3.63) is 59.6 Å². The van der Waals surface area contributed by atoms with E-state index in [1.807, 2.05) is 6.20 Å². The van der Waals surface area contributed by atoms with Crippen molar-refractivity contribution in [3.8, 4) is 0 Å². The number of nitrogens with zero attached hydrogens (tertiary/aromatic N) is 1. The Bertz CT molecular complexity index is 875. The quantitative estimate of drug-likeness (QED) is 0.584. The summed E-state index contributed by atoms with van der Waals surface area (Å²) in [6.45, 7) is 0.837. The van der Waals surface area contributed by atoms with Crippen molar-refractivity contribution in [1.29, 1.82) is 0 Å². The molecule has 0 aliphatic carbocycles. The summed E-state index contributed by atoms with van der Waals surface area (Å²) in [6.07, 6.45) is 1.84. The molecule has 0 fully saturated rings. The third-order valence-corrected chi connectivity index (χ3v) is 4.50. The van der Waals surface area contributed by atoms with E-state index in [0.717, 1.165) is 23.1 Å². The van der Waals surface area contributed by atoms with Gasteiger partial charge < -0.3 is 5.32 Å². The fourth-order valence-electron chi connectivity index (χ4n) is 2.41. The number of benzene rings is 2. The van der Waals surface area contributed by atoms with Crippen LogP contribution >= 0.6 is 11.3 Å². The van der Waals surface area contributed by atoms with E-state index in [4.69, 9.17) is 0 Å². The van der Waals surface area contributed by atoms with Crippen molar-refractivity contribution in [2.45, 2.75) is 6.54 Å². The number of fused-ring (bicyclic) bond motifs is 2. The molecule has 0 atom stereocenters. The molecule has 0 bridgehead atoms. The predicted molar refractivity (Wildman–Crippen MR) is 85.2 cm³/mol. The van der Waals surface area contributed by atoms with Gasteiger partial charge in [0.15, 0.2) is 0 Å². The maximum absolute atomic E-state index is 4.04. The summed E-state index contributed by atoms with van der Waals surface area (Å²) in [5.41, 5.74) is 3.51. The second-order valence-corrected chi connectivity index (χ2v) is 5.69.